The second kappa shape index (κ2) is 6.89. The van der Waals surface area contributed by atoms with Gasteiger partial charge in [-0.2, -0.15) is 0 Å². The number of nitrogens with one attached hydrogen (secondary N) is 1. The van der Waals surface area contributed by atoms with Gasteiger partial charge in [0.15, 0.2) is 0 Å². The molecule has 0 aliphatic heterocycles. The van der Waals surface area contributed by atoms with Gasteiger partial charge >= 0.3 is 5.97 Å². The third-order valence-electron chi connectivity index (χ3n) is 4.24. The van der Waals surface area contributed by atoms with Gasteiger partial charge < -0.3 is 10.4 Å². The highest BCUT2D eigenvalue weighted by molar-refractivity contribution is 5.70. The average Bonchev–Trinajstić information content (AvgIpc) is 2.38. The Morgan fingerprint density at radius 2 is 1.85 bits per heavy atom. The molecule has 1 aromatic carbocycles. The van der Waals surface area contributed by atoms with Crippen LogP contribution in [0.3, 0.4) is 0 Å². The highest BCUT2D eigenvalue weighted by Gasteiger charge is 2.30. The summed E-state index contributed by atoms with van der Waals surface area (Å²) in [7, 11) is 0. The fraction of sp³-hybridized carbons (Fsp3) is 0.588. The number of aryl methyl sites for hydroxylation is 2. The number of hydrogen-bond acceptors (Lipinski definition) is 2. The molecular weight excluding hydrogens is 250 g/mol. The number of carbonyl (C=O) groups is 1. The van der Waals surface area contributed by atoms with Crippen LogP contribution >= 0.6 is 0 Å². The molecule has 0 heterocycles. The zero-order valence-corrected chi connectivity index (χ0v) is 12.5. The summed E-state index contributed by atoms with van der Waals surface area (Å²) in [4.78, 5) is 11.3. The number of carboxylic acids is 1. The van der Waals surface area contributed by atoms with Crippen LogP contribution in [-0.4, -0.2) is 17.6 Å². The molecule has 0 spiro atoms. The lowest BCUT2D eigenvalue weighted by Gasteiger charge is -2.28. The summed E-state index contributed by atoms with van der Waals surface area (Å²) in [6, 6.07) is 6.55. The highest BCUT2D eigenvalue weighted by atomic mass is 16.4. The second-order valence-corrected chi connectivity index (χ2v) is 6.12. The Morgan fingerprint density at radius 1 is 1.20 bits per heavy atom. The topological polar surface area (TPSA) is 49.3 Å². The van der Waals surface area contributed by atoms with Gasteiger partial charge in [0.1, 0.15) is 0 Å². The van der Waals surface area contributed by atoms with Crippen molar-refractivity contribution in [1.82, 2.24) is 5.32 Å². The molecule has 1 saturated carbocycles. The fourth-order valence-corrected chi connectivity index (χ4v) is 3.35. The quantitative estimate of drug-likeness (QED) is 0.867. The SMILES string of the molecule is Cc1cc(C)cc(CNCC2CCCCC2C(=O)O)c1. The van der Waals surface area contributed by atoms with E-state index in [0.29, 0.717) is 0 Å². The van der Waals surface area contributed by atoms with Gasteiger partial charge in [-0.1, -0.05) is 42.2 Å². The van der Waals surface area contributed by atoms with E-state index in [-0.39, 0.29) is 11.8 Å². The van der Waals surface area contributed by atoms with Crippen molar-refractivity contribution in [2.24, 2.45) is 11.8 Å². The van der Waals surface area contributed by atoms with E-state index in [1.165, 1.54) is 23.1 Å². The van der Waals surface area contributed by atoms with Crippen LogP contribution < -0.4 is 5.32 Å². The van der Waals surface area contributed by atoms with Crippen LogP contribution in [0.1, 0.15) is 42.4 Å². The van der Waals surface area contributed by atoms with Crippen LogP contribution in [0.5, 0.6) is 0 Å². The molecule has 2 rings (SSSR count). The van der Waals surface area contributed by atoms with Crippen molar-refractivity contribution in [1.29, 1.82) is 0 Å². The first-order chi connectivity index (χ1) is 9.56. The number of benzene rings is 1. The number of carboxylic acid groups (broad SMARTS) is 1. The van der Waals surface area contributed by atoms with E-state index >= 15 is 0 Å². The van der Waals surface area contributed by atoms with E-state index in [2.05, 4.69) is 37.4 Å². The normalized spacial score (nSPS) is 22.7. The van der Waals surface area contributed by atoms with Crippen molar-refractivity contribution < 1.29 is 9.90 Å². The summed E-state index contributed by atoms with van der Waals surface area (Å²) in [6.07, 6.45) is 4.10. The maximum Gasteiger partial charge on any atom is 0.306 e. The van der Waals surface area contributed by atoms with E-state index < -0.39 is 5.97 Å². The minimum absolute atomic E-state index is 0.157. The molecule has 3 nitrogen and oxygen atoms in total. The predicted molar refractivity (Wildman–Crippen MR) is 80.7 cm³/mol. The Bertz CT molecular complexity index is 450. The molecule has 0 aromatic heterocycles. The fourth-order valence-electron chi connectivity index (χ4n) is 3.35. The largest absolute Gasteiger partial charge is 0.481 e. The van der Waals surface area contributed by atoms with Crippen LogP contribution in [0.15, 0.2) is 18.2 Å². The molecule has 1 aliphatic rings. The smallest absolute Gasteiger partial charge is 0.306 e. The van der Waals surface area contributed by atoms with Gasteiger partial charge in [-0.3, -0.25) is 4.79 Å². The maximum absolute atomic E-state index is 11.3. The Labute approximate surface area is 121 Å². The van der Waals surface area contributed by atoms with Crippen molar-refractivity contribution in [2.45, 2.75) is 46.1 Å². The van der Waals surface area contributed by atoms with Crippen LogP contribution in [0.25, 0.3) is 0 Å². The molecule has 1 aromatic rings. The van der Waals surface area contributed by atoms with Crippen molar-refractivity contribution in [3.63, 3.8) is 0 Å². The second-order valence-electron chi connectivity index (χ2n) is 6.12. The van der Waals surface area contributed by atoms with Crippen molar-refractivity contribution in [3.05, 3.63) is 34.9 Å². The number of aliphatic carboxylic acids is 1. The molecule has 110 valence electrons. The van der Waals surface area contributed by atoms with Crippen LogP contribution in [0.4, 0.5) is 0 Å². The van der Waals surface area contributed by atoms with E-state index in [9.17, 15) is 9.90 Å². The Morgan fingerprint density at radius 3 is 2.50 bits per heavy atom. The van der Waals surface area contributed by atoms with Gasteiger partial charge in [0.2, 0.25) is 0 Å². The third kappa shape index (κ3) is 4.07. The van der Waals surface area contributed by atoms with Crippen LogP contribution in [-0.2, 0) is 11.3 Å². The molecule has 1 aliphatic carbocycles. The summed E-state index contributed by atoms with van der Waals surface area (Å²) in [5.74, 6) is -0.495. The van der Waals surface area contributed by atoms with Gasteiger partial charge in [0.05, 0.1) is 5.92 Å². The van der Waals surface area contributed by atoms with Gasteiger partial charge in [-0.15, -0.1) is 0 Å². The first-order valence-corrected chi connectivity index (χ1v) is 7.57. The molecule has 0 bridgehead atoms. The number of rotatable bonds is 5. The van der Waals surface area contributed by atoms with Crippen molar-refractivity contribution in [3.8, 4) is 0 Å². The molecule has 2 atom stereocenters. The average molecular weight is 275 g/mol. The van der Waals surface area contributed by atoms with Gasteiger partial charge in [0.25, 0.3) is 0 Å². The minimum Gasteiger partial charge on any atom is -0.481 e. The Balaban J connectivity index is 1.86. The molecule has 1 fully saturated rings. The zero-order valence-electron chi connectivity index (χ0n) is 12.5. The summed E-state index contributed by atoms with van der Waals surface area (Å²) in [5, 5.41) is 12.7. The van der Waals surface area contributed by atoms with Crippen molar-refractivity contribution >= 4 is 5.97 Å². The lowest BCUT2D eigenvalue weighted by Crippen LogP contribution is -2.34. The zero-order chi connectivity index (χ0) is 14.5. The standard InChI is InChI=1S/C17H25NO2/c1-12-7-13(2)9-14(8-12)10-18-11-15-5-3-4-6-16(15)17(19)20/h7-9,15-16,18H,3-6,10-11H2,1-2H3,(H,19,20). The molecule has 0 radical (unpaired) electrons. The molecule has 2 unspecified atom stereocenters. The summed E-state index contributed by atoms with van der Waals surface area (Å²) in [6.45, 7) is 5.85. The lowest BCUT2D eigenvalue weighted by molar-refractivity contribution is -0.144. The molecule has 3 heteroatoms. The molecule has 0 amide bonds. The minimum atomic E-state index is -0.622. The van der Waals surface area contributed by atoms with Gasteiger partial charge in [-0.25, -0.2) is 0 Å². The monoisotopic (exact) mass is 275 g/mol. The van der Waals surface area contributed by atoms with Crippen LogP contribution in [0, 0.1) is 25.7 Å². The molecule has 20 heavy (non-hydrogen) atoms. The van der Waals surface area contributed by atoms with E-state index in [0.717, 1.165) is 32.4 Å². The van der Waals surface area contributed by atoms with E-state index in [4.69, 9.17) is 0 Å². The van der Waals surface area contributed by atoms with Crippen LogP contribution in [0.2, 0.25) is 0 Å². The van der Waals surface area contributed by atoms with Gasteiger partial charge in [0, 0.05) is 6.54 Å². The van der Waals surface area contributed by atoms with Gasteiger partial charge in [-0.05, 0) is 44.7 Å². The summed E-state index contributed by atoms with van der Waals surface area (Å²) in [5.41, 5.74) is 3.84. The Kier molecular flexibility index (Phi) is 5.18. The predicted octanol–water partition coefficient (Wildman–Crippen LogP) is 3.28. The maximum atomic E-state index is 11.3. The molecular formula is C17H25NO2. The third-order valence-corrected chi connectivity index (χ3v) is 4.24. The van der Waals surface area contributed by atoms with E-state index in [1.807, 2.05) is 0 Å². The Hall–Kier alpha value is -1.35. The molecule has 0 saturated heterocycles. The lowest BCUT2D eigenvalue weighted by atomic mass is 9.79. The van der Waals surface area contributed by atoms with E-state index in [1.54, 1.807) is 0 Å². The highest BCUT2D eigenvalue weighted by Crippen LogP contribution is 2.29. The molecule has 2 N–H and O–H groups in total. The summed E-state index contributed by atoms with van der Waals surface area (Å²) < 4.78 is 0. The first kappa shape index (κ1) is 15.0. The first-order valence-electron chi connectivity index (χ1n) is 7.57. The van der Waals surface area contributed by atoms with Crippen molar-refractivity contribution in [2.75, 3.05) is 6.54 Å². The number of hydrogen-bond donors (Lipinski definition) is 2. The summed E-state index contributed by atoms with van der Waals surface area (Å²) >= 11 is 0.